The van der Waals surface area contributed by atoms with Gasteiger partial charge in [-0.1, -0.05) is 0 Å². The summed E-state index contributed by atoms with van der Waals surface area (Å²) in [5, 5.41) is 0. The fourth-order valence-corrected chi connectivity index (χ4v) is 2.74. The number of nitrogens with zero attached hydrogens (tertiary/aromatic N) is 2. The molecule has 0 aliphatic heterocycles. The minimum Gasteiger partial charge on any atom is -0.462 e. The fourth-order valence-electron chi connectivity index (χ4n) is 2.74. The molecule has 0 fully saturated rings. The highest BCUT2D eigenvalue weighted by molar-refractivity contribution is 5.93. The Labute approximate surface area is 171 Å². The third-order valence-corrected chi connectivity index (χ3v) is 4.08. The number of hydrogen-bond acceptors (Lipinski definition) is 6. The molecule has 154 valence electrons. The molecule has 0 spiro atoms. The normalized spacial score (nSPS) is 10.5. The predicted octanol–water partition coefficient (Wildman–Crippen LogP) is 4.44. The Kier molecular flexibility index (Phi) is 6.46. The maximum Gasteiger partial charge on any atom is 0.338 e. The van der Waals surface area contributed by atoms with Gasteiger partial charge in [-0.2, -0.15) is 0 Å². The van der Waals surface area contributed by atoms with Crippen LogP contribution in [0.5, 0.6) is 0 Å². The van der Waals surface area contributed by atoms with Crippen LogP contribution in [0.25, 0.3) is 22.6 Å². The first kappa shape index (κ1) is 21.0. The van der Waals surface area contributed by atoms with Crippen LogP contribution in [-0.4, -0.2) is 35.1 Å². The van der Waals surface area contributed by atoms with Crippen molar-refractivity contribution < 1.29 is 27.8 Å². The van der Waals surface area contributed by atoms with Gasteiger partial charge in [-0.05, 0) is 50.2 Å². The summed E-state index contributed by atoms with van der Waals surface area (Å²) < 4.78 is 37.7. The van der Waals surface area contributed by atoms with Crippen molar-refractivity contribution in [3.8, 4) is 22.6 Å². The molecule has 3 rings (SSSR count). The maximum absolute atomic E-state index is 14.3. The lowest BCUT2D eigenvalue weighted by atomic mass is 10.1. The highest BCUT2D eigenvalue weighted by Gasteiger charge is 2.17. The lowest BCUT2D eigenvalue weighted by Crippen LogP contribution is -2.07. The summed E-state index contributed by atoms with van der Waals surface area (Å²) in [5.74, 6) is -2.73. The molecule has 2 aromatic heterocycles. The molecule has 1 aromatic carbocycles. The number of esters is 2. The number of carbonyl (C=O) groups excluding carboxylic acids is 2. The average Bonchev–Trinajstić information content (AvgIpc) is 2.74. The van der Waals surface area contributed by atoms with E-state index in [0.717, 1.165) is 12.1 Å². The van der Waals surface area contributed by atoms with E-state index in [9.17, 15) is 18.4 Å². The van der Waals surface area contributed by atoms with Crippen LogP contribution in [0, 0.1) is 11.6 Å². The van der Waals surface area contributed by atoms with E-state index in [0.29, 0.717) is 0 Å². The number of hydrogen-bond donors (Lipinski definition) is 0. The molecule has 6 nitrogen and oxygen atoms in total. The van der Waals surface area contributed by atoms with E-state index >= 15 is 0 Å². The van der Waals surface area contributed by atoms with Crippen LogP contribution in [0.2, 0.25) is 0 Å². The zero-order chi connectivity index (χ0) is 21.7. The third-order valence-electron chi connectivity index (χ3n) is 4.08. The van der Waals surface area contributed by atoms with Crippen LogP contribution in [-0.2, 0) is 9.47 Å². The first-order chi connectivity index (χ1) is 14.4. The van der Waals surface area contributed by atoms with E-state index < -0.39 is 23.6 Å². The standard InChI is InChI=1S/C22H18F2N2O4/c1-3-29-21(27)13-7-8-25-19(9-13)20-11-14(22(28)30-4-2)10-18(26-20)16-6-5-15(23)12-17(16)24/h5-12H,3-4H2,1-2H3. The van der Waals surface area contributed by atoms with Gasteiger partial charge in [0.25, 0.3) is 0 Å². The van der Waals surface area contributed by atoms with Gasteiger partial charge in [-0.25, -0.2) is 23.4 Å². The average molecular weight is 412 g/mol. The second kappa shape index (κ2) is 9.21. The summed E-state index contributed by atoms with van der Waals surface area (Å²) in [7, 11) is 0. The van der Waals surface area contributed by atoms with Crippen molar-refractivity contribution in [3.05, 3.63) is 71.4 Å². The molecular weight excluding hydrogens is 394 g/mol. The molecule has 0 amide bonds. The van der Waals surface area contributed by atoms with E-state index in [1.807, 2.05) is 0 Å². The zero-order valence-electron chi connectivity index (χ0n) is 16.3. The van der Waals surface area contributed by atoms with E-state index in [4.69, 9.17) is 9.47 Å². The number of carbonyl (C=O) groups is 2. The molecule has 0 atom stereocenters. The first-order valence-electron chi connectivity index (χ1n) is 9.21. The molecule has 0 aliphatic rings. The topological polar surface area (TPSA) is 78.4 Å². The summed E-state index contributed by atoms with van der Waals surface area (Å²) >= 11 is 0. The van der Waals surface area contributed by atoms with Gasteiger partial charge in [0.2, 0.25) is 0 Å². The van der Waals surface area contributed by atoms with Crippen LogP contribution in [0.4, 0.5) is 8.78 Å². The van der Waals surface area contributed by atoms with Gasteiger partial charge in [-0.3, -0.25) is 4.98 Å². The fraction of sp³-hybridized carbons (Fsp3) is 0.182. The summed E-state index contributed by atoms with van der Waals surface area (Å²) in [6.45, 7) is 3.70. The van der Waals surface area contributed by atoms with Gasteiger partial charge in [0.15, 0.2) is 0 Å². The van der Waals surface area contributed by atoms with Crippen molar-refractivity contribution in [3.63, 3.8) is 0 Å². The molecule has 0 unspecified atom stereocenters. The Morgan fingerprint density at radius 1 is 0.833 bits per heavy atom. The second-order valence-corrected chi connectivity index (χ2v) is 6.12. The molecule has 0 aliphatic carbocycles. The molecule has 3 aromatic rings. The Balaban J connectivity index is 2.14. The Bertz CT molecular complexity index is 1100. The quantitative estimate of drug-likeness (QED) is 0.557. The molecule has 0 saturated carbocycles. The van der Waals surface area contributed by atoms with E-state index in [2.05, 4.69) is 9.97 Å². The minimum atomic E-state index is -0.831. The van der Waals surface area contributed by atoms with Crippen LogP contribution in [0.15, 0.2) is 48.7 Å². The molecule has 0 radical (unpaired) electrons. The molecule has 8 heteroatoms. The third kappa shape index (κ3) is 4.65. The number of benzene rings is 1. The van der Waals surface area contributed by atoms with Crippen LogP contribution >= 0.6 is 0 Å². The maximum atomic E-state index is 14.3. The number of pyridine rings is 2. The summed E-state index contributed by atoms with van der Waals surface area (Å²) in [4.78, 5) is 32.9. The van der Waals surface area contributed by atoms with E-state index in [-0.39, 0.29) is 47.0 Å². The van der Waals surface area contributed by atoms with Crippen molar-refractivity contribution in [2.45, 2.75) is 13.8 Å². The largest absolute Gasteiger partial charge is 0.462 e. The van der Waals surface area contributed by atoms with Gasteiger partial charge in [0, 0.05) is 17.8 Å². The Morgan fingerprint density at radius 3 is 2.13 bits per heavy atom. The van der Waals surface area contributed by atoms with Gasteiger partial charge in [-0.15, -0.1) is 0 Å². The molecule has 0 N–H and O–H groups in total. The van der Waals surface area contributed by atoms with Gasteiger partial charge < -0.3 is 9.47 Å². The van der Waals surface area contributed by atoms with Gasteiger partial charge >= 0.3 is 11.9 Å². The monoisotopic (exact) mass is 412 g/mol. The summed E-state index contributed by atoms with van der Waals surface area (Å²) in [6.07, 6.45) is 1.40. The number of ether oxygens (including phenoxy) is 2. The Hall–Kier alpha value is -3.68. The van der Waals surface area contributed by atoms with Crippen molar-refractivity contribution in [2.24, 2.45) is 0 Å². The molecule has 2 heterocycles. The molecule has 30 heavy (non-hydrogen) atoms. The number of aromatic nitrogens is 2. The van der Waals surface area contributed by atoms with Crippen LogP contribution in [0.1, 0.15) is 34.6 Å². The Morgan fingerprint density at radius 2 is 1.47 bits per heavy atom. The lowest BCUT2D eigenvalue weighted by Gasteiger charge is -2.10. The van der Waals surface area contributed by atoms with Crippen LogP contribution < -0.4 is 0 Å². The number of rotatable bonds is 6. The van der Waals surface area contributed by atoms with Crippen molar-refractivity contribution in [1.82, 2.24) is 9.97 Å². The summed E-state index contributed by atoms with van der Waals surface area (Å²) in [6, 6.07) is 8.78. The molecule has 0 saturated heterocycles. The highest BCUT2D eigenvalue weighted by atomic mass is 19.1. The summed E-state index contributed by atoms with van der Waals surface area (Å²) in [5.41, 5.74) is 0.950. The molecular formula is C22H18F2N2O4. The van der Waals surface area contributed by atoms with Crippen molar-refractivity contribution >= 4 is 11.9 Å². The minimum absolute atomic E-state index is 0.00495. The van der Waals surface area contributed by atoms with Crippen LogP contribution in [0.3, 0.4) is 0 Å². The highest BCUT2D eigenvalue weighted by Crippen LogP contribution is 2.27. The molecule has 0 bridgehead atoms. The lowest BCUT2D eigenvalue weighted by molar-refractivity contribution is 0.0516. The van der Waals surface area contributed by atoms with Gasteiger partial charge in [0.05, 0.1) is 41.4 Å². The zero-order valence-corrected chi connectivity index (χ0v) is 16.3. The smallest absolute Gasteiger partial charge is 0.338 e. The SMILES string of the molecule is CCOC(=O)c1ccnc(-c2cc(C(=O)OCC)cc(-c3ccc(F)cc3F)n2)c1. The van der Waals surface area contributed by atoms with Gasteiger partial charge in [0.1, 0.15) is 11.6 Å². The van der Waals surface area contributed by atoms with E-state index in [1.165, 1.54) is 36.5 Å². The van der Waals surface area contributed by atoms with E-state index in [1.54, 1.807) is 13.8 Å². The first-order valence-corrected chi connectivity index (χ1v) is 9.21. The predicted molar refractivity (Wildman–Crippen MR) is 105 cm³/mol. The van der Waals surface area contributed by atoms with Crippen molar-refractivity contribution in [2.75, 3.05) is 13.2 Å². The number of halogens is 2. The second-order valence-electron chi connectivity index (χ2n) is 6.12. The van der Waals surface area contributed by atoms with Crippen molar-refractivity contribution in [1.29, 1.82) is 0 Å².